The van der Waals surface area contributed by atoms with E-state index in [1.807, 2.05) is 0 Å². The van der Waals surface area contributed by atoms with Crippen LogP contribution in [0, 0.1) is 5.82 Å². The predicted octanol–water partition coefficient (Wildman–Crippen LogP) is 4.02. The van der Waals surface area contributed by atoms with Crippen LogP contribution in [0.3, 0.4) is 0 Å². The van der Waals surface area contributed by atoms with Gasteiger partial charge in [0.25, 0.3) is 0 Å². The van der Waals surface area contributed by atoms with Gasteiger partial charge in [-0.3, -0.25) is 0 Å². The summed E-state index contributed by atoms with van der Waals surface area (Å²) in [5.74, 6) is 0.614. The van der Waals surface area contributed by atoms with E-state index in [1.165, 1.54) is 6.07 Å². The smallest absolute Gasteiger partial charge is 0.180 e. The summed E-state index contributed by atoms with van der Waals surface area (Å²) < 4.78 is 24.9. The molecule has 2 aromatic rings. The van der Waals surface area contributed by atoms with Gasteiger partial charge >= 0.3 is 0 Å². The zero-order chi connectivity index (χ0) is 14.7. The van der Waals surface area contributed by atoms with Gasteiger partial charge < -0.3 is 15.2 Å². The molecule has 0 heterocycles. The van der Waals surface area contributed by atoms with Gasteiger partial charge in [0.05, 0.1) is 11.6 Å². The molecule has 0 aliphatic heterocycles. The van der Waals surface area contributed by atoms with Crippen LogP contribution in [-0.2, 0) is 0 Å². The molecule has 0 fully saturated rings. The zero-order valence-corrected chi connectivity index (χ0v) is 12.9. The van der Waals surface area contributed by atoms with Crippen LogP contribution >= 0.6 is 28.1 Å². The second kappa shape index (κ2) is 6.19. The van der Waals surface area contributed by atoms with E-state index in [2.05, 4.69) is 15.9 Å². The first-order valence-electron chi connectivity index (χ1n) is 5.62. The molecule has 0 radical (unpaired) electrons. The number of rotatable bonds is 4. The van der Waals surface area contributed by atoms with Crippen LogP contribution in [0.15, 0.2) is 40.9 Å². The van der Waals surface area contributed by atoms with Crippen molar-refractivity contribution in [2.24, 2.45) is 5.73 Å². The summed E-state index contributed by atoms with van der Waals surface area (Å²) in [6, 6.07) is 9.98. The third-order valence-corrected chi connectivity index (χ3v) is 3.58. The minimum absolute atomic E-state index is 0.0742. The van der Waals surface area contributed by atoms with Crippen molar-refractivity contribution in [1.82, 2.24) is 0 Å². The molecule has 104 valence electrons. The molecule has 2 rings (SSSR count). The third-order valence-electron chi connectivity index (χ3n) is 2.58. The Morgan fingerprint density at radius 3 is 2.60 bits per heavy atom. The second-order valence-electron chi connectivity index (χ2n) is 3.88. The van der Waals surface area contributed by atoms with Gasteiger partial charge in [-0.2, -0.15) is 0 Å². The standard InChI is InChI=1S/C14H11BrFNO2S/c1-18-8-3-2-4-9(7-8)19-11-6-5-10(14(17)20)12(15)13(11)16/h2-7H,1H3,(H2,17,20). The molecule has 0 saturated heterocycles. The predicted molar refractivity (Wildman–Crippen MR) is 83.1 cm³/mol. The number of benzene rings is 2. The molecule has 0 amide bonds. The van der Waals surface area contributed by atoms with Crippen molar-refractivity contribution >= 4 is 33.1 Å². The summed E-state index contributed by atoms with van der Waals surface area (Å²) in [4.78, 5) is 0.115. The molecule has 0 saturated carbocycles. The molecule has 2 N–H and O–H groups in total. The van der Waals surface area contributed by atoms with Crippen LogP contribution in [0.2, 0.25) is 0 Å². The molecule has 6 heteroatoms. The van der Waals surface area contributed by atoms with Crippen molar-refractivity contribution in [3.63, 3.8) is 0 Å². The first-order valence-corrected chi connectivity index (χ1v) is 6.82. The number of nitrogens with two attached hydrogens (primary N) is 1. The van der Waals surface area contributed by atoms with Crippen molar-refractivity contribution in [3.05, 3.63) is 52.3 Å². The van der Waals surface area contributed by atoms with E-state index in [9.17, 15) is 4.39 Å². The summed E-state index contributed by atoms with van der Waals surface area (Å²) in [6.45, 7) is 0. The average Bonchev–Trinajstić information content (AvgIpc) is 2.44. The highest BCUT2D eigenvalue weighted by molar-refractivity contribution is 9.10. The van der Waals surface area contributed by atoms with Gasteiger partial charge in [-0.15, -0.1) is 0 Å². The van der Waals surface area contributed by atoms with Crippen molar-refractivity contribution in [3.8, 4) is 17.2 Å². The number of halogens is 2. The maximum atomic E-state index is 14.2. The quantitative estimate of drug-likeness (QED) is 0.841. The highest BCUT2D eigenvalue weighted by Crippen LogP contribution is 2.32. The summed E-state index contributed by atoms with van der Waals surface area (Å²) in [6.07, 6.45) is 0. The topological polar surface area (TPSA) is 44.5 Å². The molecule has 0 spiro atoms. The van der Waals surface area contributed by atoms with Crippen molar-refractivity contribution in [1.29, 1.82) is 0 Å². The van der Waals surface area contributed by atoms with Gasteiger partial charge in [-0.05, 0) is 40.2 Å². The van der Waals surface area contributed by atoms with Crippen LogP contribution in [-0.4, -0.2) is 12.1 Å². The lowest BCUT2D eigenvalue weighted by molar-refractivity contribution is 0.405. The van der Waals surface area contributed by atoms with Gasteiger partial charge in [0.1, 0.15) is 16.5 Å². The molecule has 20 heavy (non-hydrogen) atoms. The second-order valence-corrected chi connectivity index (χ2v) is 5.12. The van der Waals surface area contributed by atoms with Gasteiger partial charge in [0.15, 0.2) is 11.6 Å². The van der Waals surface area contributed by atoms with E-state index >= 15 is 0 Å². The maximum Gasteiger partial charge on any atom is 0.180 e. The Morgan fingerprint density at radius 2 is 1.95 bits per heavy atom. The lowest BCUT2D eigenvalue weighted by Gasteiger charge is -2.11. The molecule has 3 nitrogen and oxygen atoms in total. The fourth-order valence-corrected chi connectivity index (χ4v) is 2.43. The Balaban J connectivity index is 2.34. The minimum Gasteiger partial charge on any atom is -0.497 e. The van der Waals surface area contributed by atoms with Crippen LogP contribution in [0.5, 0.6) is 17.2 Å². The average molecular weight is 356 g/mol. The number of hydrogen-bond acceptors (Lipinski definition) is 3. The normalized spacial score (nSPS) is 10.2. The van der Waals surface area contributed by atoms with Crippen LogP contribution in [0.25, 0.3) is 0 Å². The number of thiocarbonyl (C=S) groups is 1. The van der Waals surface area contributed by atoms with E-state index in [0.29, 0.717) is 17.1 Å². The molecule has 0 aliphatic rings. The third kappa shape index (κ3) is 3.08. The van der Waals surface area contributed by atoms with Crippen molar-refractivity contribution in [2.45, 2.75) is 0 Å². The van der Waals surface area contributed by atoms with E-state index in [4.69, 9.17) is 27.4 Å². The Morgan fingerprint density at radius 1 is 1.25 bits per heavy atom. The summed E-state index contributed by atoms with van der Waals surface area (Å²) in [5.41, 5.74) is 5.93. The van der Waals surface area contributed by atoms with E-state index in [1.54, 1.807) is 37.4 Å². The van der Waals surface area contributed by atoms with Crippen molar-refractivity contribution in [2.75, 3.05) is 7.11 Å². The fraction of sp³-hybridized carbons (Fsp3) is 0.0714. The fourth-order valence-electron chi connectivity index (χ4n) is 1.59. The summed E-state index contributed by atoms with van der Waals surface area (Å²) in [7, 11) is 1.55. The van der Waals surface area contributed by atoms with Gasteiger partial charge in [0, 0.05) is 11.6 Å². The van der Waals surface area contributed by atoms with E-state index < -0.39 is 5.82 Å². The van der Waals surface area contributed by atoms with Gasteiger partial charge in [-0.1, -0.05) is 18.3 Å². The highest BCUT2D eigenvalue weighted by atomic mass is 79.9. The monoisotopic (exact) mass is 355 g/mol. The number of ether oxygens (including phenoxy) is 2. The lowest BCUT2D eigenvalue weighted by Crippen LogP contribution is -2.11. The molecule has 0 aromatic heterocycles. The Hall–Kier alpha value is -1.66. The Kier molecular flexibility index (Phi) is 4.57. The highest BCUT2D eigenvalue weighted by Gasteiger charge is 2.14. The van der Waals surface area contributed by atoms with Gasteiger partial charge in [-0.25, -0.2) is 4.39 Å². The van der Waals surface area contributed by atoms with Crippen LogP contribution in [0.4, 0.5) is 4.39 Å². The molecule has 0 bridgehead atoms. The van der Waals surface area contributed by atoms with E-state index in [0.717, 1.165) is 0 Å². The van der Waals surface area contributed by atoms with E-state index in [-0.39, 0.29) is 15.2 Å². The Labute approximate surface area is 129 Å². The lowest BCUT2D eigenvalue weighted by atomic mass is 10.2. The van der Waals surface area contributed by atoms with Gasteiger partial charge in [0.2, 0.25) is 0 Å². The summed E-state index contributed by atoms with van der Waals surface area (Å²) in [5, 5.41) is 0. The number of methoxy groups -OCH3 is 1. The SMILES string of the molecule is COc1cccc(Oc2ccc(C(N)=S)c(Br)c2F)c1. The maximum absolute atomic E-state index is 14.2. The van der Waals surface area contributed by atoms with Crippen LogP contribution < -0.4 is 15.2 Å². The first-order chi connectivity index (χ1) is 9.52. The Bertz CT molecular complexity index is 664. The minimum atomic E-state index is -0.557. The summed E-state index contributed by atoms with van der Waals surface area (Å²) >= 11 is 7.96. The largest absolute Gasteiger partial charge is 0.497 e. The zero-order valence-electron chi connectivity index (χ0n) is 10.5. The first kappa shape index (κ1) is 14.7. The molecular formula is C14H11BrFNO2S. The molecule has 2 aromatic carbocycles. The molecular weight excluding hydrogens is 345 g/mol. The van der Waals surface area contributed by atoms with Crippen molar-refractivity contribution < 1.29 is 13.9 Å². The number of hydrogen-bond donors (Lipinski definition) is 1. The molecule has 0 atom stereocenters. The molecule has 0 unspecified atom stereocenters. The molecule has 0 aliphatic carbocycles. The van der Waals surface area contributed by atoms with Crippen LogP contribution in [0.1, 0.15) is 5.56 Å².